The van der Waals surface area contributed by atoms with Gasteiger partial charge in [-0.05, 0) is 55.3 Å². The zero-order chi connectivity index (χ0) is 11.9. The van der Waals surface area contributed by atoms with Gasteiger partial charge in [-0.25, -0.2) is 0 Å². The third-order valence-electron chi connectivity index (χ3n) is 5.63. The van der Waals surface area contributed by atoms with E-state index in [4.69, 9.17) is 0 Å². The fourth-order valence-corrected chi connectivity index (χ4v) is 4.38. The molecule has 0 spiro atoms. The van der Waals surface area contributed by atoms with Crippen molar-refractivity contribution >= 4 is 0 Å². The minimum Gasteiger partial charge on any atom is -0.102 e. The minimum absolute atomic E-state index is 0.472. The molecule has 5 atom stereocenters. The molecule has 0 saturated heterocycles. The van der Waals surface area contributed by atoms with Crippen LogP contribution in [0.1, 0.15) is 47.0 Å². The Balaban J connectivity index is 2.36. The van der Waals surface area contributed by atoms with Crippen molar-refractivity contribution in [3.8, 4) is 0 Å². The molecule has 0 aromatic rings. The third kappa shape index (κ3) is 1.49. The Morgan fingerprint density at radius 3 is 2.62 bits per heavy atom. The van der Waals surface area contributed by atoms with Gasteiger partial charge in [0.2, 0.25) is 0 Å². The van der Waals surface area contributed by atoms with Gasteiger partial charge in [-0.1, -0.05) is 38.5 Å². The van der Waals surface area contributed by atoms with E-state index in [1.54, 1.807) is 5.57 Å². The van der Waals surface area contributed by atoms with E-state index in [0.717, 1.165) is 17.8 Å². The highest BCUT2D eigenvalue weighted by atomic mass is 14.6. The van der Waals surface area contributed by atoms with Crippen molar-refractivity contribution in [2.24, 2.45) is 29.1 Å². The van der Waals surface area contributed by atoms with Gasteiger partial charge in [-0.3, -0.25) is 0 Å². The molecular formula is C16H26. The van der Waals surface area contributed by atoms with Crippen LogP contribution < -0.4 is 0 Å². The molecule has 0 aromatic heterocycles. The van der Waals surface area contributed by atoms with Crippen LogP contribution in [0.5, 0.6) is 0 Å². The van der Waals surface area contributed by atoms with Crippen LogP contribution in [0.4, 0.5) is 0 Å². The van der Waals surface area contributed by atoms with Gasteiger partial charge in [0, 0.05) is 0 Å². The lowest BCUT2D eigenvalue weighted by atomic mass is 9.60. The molecule has 2 aliphatic rings. The van der Waals surface area contributed by atoms with E-state index in [2.05, 4.69) is 46.4 Å². The molecule has 2 aliphatic carbocycles. The van der Waals surface area contributed by atoms with E-state index in [1.165, 1.54) is 19.3 Å². The predicted octanol–water partition coefficient (Wildman–Crippen LogP) is 4.83. The summed E-state index contributed by atoms with van der Waals surface area (Å²) in [6, 6.07) is 0. The van der Waals surface area contributed by atoms with Crippen LogP contribution in [0.2, 0.25) is 0 Å². The molecule has 2 saturated carbocycles. The van der Waals surface area contributed by atoms with Crippen LogP contribution in [-0.2, 0) is 0 Å². The zero-order valence-corrected chi connectivity index (χ0v) is 11.3. The largest absolute Gasteiger partial charge is 0.102 e. The van der Waals surface area contributed by atoms with Gasteiger partial charge >= 0.3 is 0 Å². The molecule has 2 fully saturated rings. The first-order valence-electron chi connectivity index (χ1n) is 6.83. The molecular weight excluding hydrogens is 192 g/mol. The average Bonchev–Trinajstić information content (AvgIpc) is 2.57. The highest BCUT2D eigenvalue weighted by Gasteiger charge is 2.51. The van der Waals surface area contributed by atoms with E-state index in [-0.39, 0.29) is 0 Å². The van der Waals surface area contributed by atoms with Crippen LogP contribution in [-0.4, -0.2) is 0 Å². The molecule has 16 heavy (non-hydrogen) atoms. The Morgan fingerprint density at radius 1 is 1.38 bits per heavy atom. The third-order valence-corrected chi connectivity index (χ3v) is 5.63. The summed E-state index contributed by atoms with van der Waals surface area (Å²) in [4.78, 5) is 0. The maximum absolute atomic E-state index is 4.03. The summed E-state index contributed by atoms with van der Waals surface area (Å²) in [5, 5.41) is 0. The maximum atomic E-state index is 4.03. The number of rotatable bonds is 1. The number of allylic oxidation sites excluding steroid dienone is 3. The van der Waals surface area contributed by atoms with E-state index in [1.807, 2.05) is 0 Å². The first kappa shape index (κ1) is 12.0. The topological polar surface area (TPSA) is 0 Å². The smallest absolute Gasteiger partial charge is 0.00175 e. The second-order valence-electron chi connectivity index (χ2n) is 6.22. The summed E-state index contributed by atoms with van der Waals surface area (Å²) >= 11 is 0. The quantitative estimate of drug-likeness (QED) is 0.553. The predicted molar refractivity (Wildman–Crippen MR) is 71.2 cm³/mol. The molecule has 2 rings (SSSR count). The lowest BCUT2D eigenvalue weighted by Gasteiger charge is -2.44. The number of hydrogen-bond donors (Lipinski definition) is 0. The molecule has 0 amide bonds. The van der Waals surface area contributed by atoms with Crippen LogP contribution in [0.15, 0.2) is 24.3 Å². The lowest BCUT2D eigenvalue weighted by molar-refractivity contribution is 0.0800. The van der Waals surface area contributed by atoms with Gasteiger partial charge in [0.15, 0.2) is 0 Å². The van der Waals surface area contributed by atoms with Crippen molar-refractivity contribution in [1.29, 1.82) is 0 Å². The Hall–Kier alpha value is -0.520. The summed E-state index contributed by atoms with van der Waals surface area (Å²) in [7, 11) is 0. The van der Waals surface area contributed by atoms with Crippen molar-refractivity contribution < 1.29 is 0 Å². The Labute approximate surface area is 101 Å². The van der Waals surface area contributed by atoms with Gasteiger partial charge in [-0.2, -0.15) is 0 Å². The van der Waals surface area contributed by atoms with Crippen LogP contribution in [0.3, 0.4) is 0 Å². The fourth-order valence-electron chi connectivity index (χ4n) is 4.38. The summed E-state index contributed by atoms with van der Waals surface area (Å²) in [5.74, 6) is 3.30. The Kier molecular flexibility index (Phi) is 3.03. The summed E-state index contributed by atoms with van der Waals surface area (Å²) in [6.45, 7) is 13.6. The monoisotopic (exact) mass is 218 g/mol. The standard InChI is InChI=1S/C16H26/c1-6-13-10-15-12(4)11(3)8-9-16(15,5)14(13)7-2/h6-7,11-13,15H,1,8-10H2,2-5H3/b14-7+/t11-,12+,13+,15-,16+/m0/s1. The van der Waals surface area contributed by atoms with Crippen LogP contribution in [0, 0.1) is 29.1 Å². The van der Waals surface area contributed by atoms with E-state index in [9.17, 15) is 0 Å². The van der Waals surface area contributed by atoms with Gasteiger partial charge in [-0.15, -0.1) is 6.58 Å². The van der Waals surface area contributed by atoms with E-state index < -0.39 is 0 Å². The molecule has 0 aliphatic heterocycles. The van der Waals surface area contributed by atoms with E-state index >= 15 is 0 Å². The molecule has 0 unspecified atom stereocenters. The zero-order valence-electron chi connectivity index (χ0n) is 11.3. The second kappa shape index (κ2) is 4.05. The molecule has 0 heterocycles. The molecule has 0 heteroatoms. The molecule has 0 nitrogen and oxygen atoms in total. The van der Waals surface area contributed by atoms with E-state index in [0.29, 0.717) is 11.3 Å². The van der Waals surface area contributed by atoms with Crippen LogP contribution >= 0.6 is 0 Å². The van der Waals surface area contributed by atoms with Gasteiger partial charge in [0.1, 0.15) is 0 Å². The van der Waals surface area contributed by atoms with Crippen molar-refractivity contribution in [2.75, 3.05) is 0 Å². The lowest BCUT2D eigenvalue weighted by Crippen LogP contribution is -2.36. The first-order valence-corrected chi connectivity index (χ1v) is 6.83. The minimum atomic E-state index is 0.472. The van der Waals surface area contributed by atoms with Crippen molar-refractivity contribution in [2.45, 2.75) is 47.0 Å². The first-order chi connectivity index (χ1) is 7.54. The maximum Gasteiger partial charge on any atom is -0.00175 e. The van der Waals surface area contributed by atoms with Crippen molar-refractivity contribution in [1.82, 2.24) is 0 Å². The van der Waals surface area contributed by atoms with Gasteiger partial charge < -0.3 is 0 Å². The molecule has 0 aromatic carbocycles. The normalized spacial score (nSPS) is 50.4. The summed E-state index contributed by atoms with van der Waals surface area (Å²) < 4.78 is 0. The Morgan fingerprint density at radius 2 is 2.06 bits per heavy atom. The summed E-state index contributed by atoms with van der Waals surface area (Å²) in [6.07, 6.45) is 8.67. The highest BCUT2D eigenvalue weighted by Crippen LogP contribution is 2.60. The second-order valence-corrected chi connectivity index (χ2v) is 6.22. The molecule has 0 bridgehead atoms. The Bertz CT molecular complexity index is 312. The summed E-state index contributed by atoms with van der Waals surface area (Å²) in [5.41, 5.74) is 2.14. The molecule has 0 radical (unpaired) electrons. The molecule has 90 valence electrons. The molecule has 0 N–H and O–H groups in total. The highest BCUT2D eigenvalue weighted by molar-refractivity contribution is 5.28. The van der Waals surface area contributed by atoms with Crippen LogP contribution in [0.25, 0.3) is 0 Å². The van der Waals surface area contributed by atoms with Gasteiger partial charge in [0.05, 0.1) is 0 Å². The van der Waals surface area contributed by atoms with Crippen molar-refractivity contribution in [3.63, 3.8) is 0 Å². The average molecular weight is 218 g/mol. The van der Waals surface area contributed by atoms with Gasteiger partial charge in [0.25, 0.3) is 0 Å². The fraction of sp³-hybridized carbons (Fsp3) is 0.750. The number of hydrogen-bond acceptors (Lipinski definition) is 0. The van der Waals surface area contributed by atoms with Crippen molar-refractivity contribution in [3.05, 3.63) is 24.3 Å². The SMILES string of the molecule is C=C[C@@H]1C[C@H]2[C@H](C)[C@@H](C)CC[C@]2(C)/C1=C/C. The number of fused-ring (bicyclic) bond motifs is 1.